The number of allylic oxidation sites excluding steroid dienone is 1. The number of carbonyl (C=O) groups is 1. The normalized spacial score (nSPS) is 11.0. The Morgan fingerprint density at radius 1 is 1.46 bits per heavy atom. The fraction of sp³-hybridized carbons (Fsp3) is 0.167. The van der Waals surface area contributed by atoms with Gasteiger partial charge in [0.15, 0.2) is 11.5 Å². The average Bonchev–Trinajstić information content (AvgIpc) is 3.01. The first kappa shape index (κ1) is 16.7. The number of phenols is 1. The Bertz CT molecular complexity index is 801. The van der Waals surface area contributed by atoms with Crippen molar-refractivity contribution in [3.63, 3.8) is 0 Å². The number of tetrazole rings is 1. The summed E-state index contributed by atoms with van der Waals surface area (Å²) in [5.41, 5.74) is 5.62. The molecule has 2 rings (SSSR count). The molecule has 0 radical (unpaired) electrons. The summed E-state index contributed by atoms with van der Waals surface area (Å²) in [7, 11) is 1.37. The van der Waals surface area contributed by atoms with Crippen LogP contribution in [0.3, 0.4) is 0 Å². The summed E-state index contributed by atoms with van der Waals surface area (Å²) in [5.74, 6) is -1.05. The van der Waals surface area contributed by atoms with Gasteiger partial charge in [-0.05, 0) is 30.0 Å². The molecule has 0 spiro atoms. The van der Waals surface area contributed by atoms with Crippen molar-refractivity contribution in [3.05, 3.63) is 39.6 Å². The molecule has 1 aromatic carbocycles. The molecule has 2 aromatic rings. The minimum Gasteiger partial charge on any atom is -0.504 e. The van der Waals surface area contributed by atoms with Gasteiger partial charge in [-0.2, -0.15) is 0 Å². The predicted octanol–water partition coefficient (Wildman–Crippen LogP) is 0.0484. The van der Waals surface area contributed by atoms with E-state index >= 15 is 0 Å². The van der Waals surface area contributed by atoms with Crippen LogP contribution in [-0.2, 0) is 0 Å². The number of aromatic nitrogens is 4. The fourth-order valence-electron chi connectivity index (χ4n) is 1.60. The first-order valence-corrected chi connectivity index (χ1v) is 6.46. The Labute approximate surface area is 134 Å². The molecule has 0 aliphatic heterocycles. The Morgan fingerprint density at radius 3 is 2.83 bits per heavy atom. The quantitative estimate of drug-likeness (QED) is 0.490. The van der Waals surface area contributed by atoms with Crippen LogP contribution >= 0.6 is 0 Å². The Morgan fingerprint density at radius 2 is 2.21 bits per heavy atom. The largest absolute Gasteiger partial charge is 0.515 e. The standard InChI is InChI=1S/C12H13N7O5/c1-7(6-18-16-12(15-17-18)19(22)23)13-14-11(21)8-3-4-9(20)10(5-8)24-2/h3-6,13,20H,1-2H3,(H,14,21)/b7-6+. The Balaban J connectivity index is 1.99. The lowest BCUT2D eigenvalue weighted by atomic mass is 10.2. The van der Waals surface area contributed by atoms with Gasteiger partial charge in [-0.25, -0.2) is 0 Å². The first-order chi connectivity index (χ1) is 11.4. The van der Waals surface area contributed by atoms with E-state index in [9.17, 15) is 20.0 Å². The minimum atomic E-state index is -0.778. The molecule has 0 aliphatic carbocycles. The second-order valence-electron chi connectivity index (χ2n) is 4.44. The molecule has 0 saturated heterocycles. The van der Waals surface area contributed by atoms with E-state index in [0.29, 0.717) is 5.70 Å². The molecule has 12 heteroatoms. The van der Waals surface area contributed by atoms with Crippen molar-refractivity contribution in [3.8, 4) is 11.5 Å². The van der Waals surface area contributed by atoms with E-state index in [-0.39, 0.29) is 17.1 Å². The van der Waals surface area contributed by atoms with E-state index in [4.69, 9.17) is 4.74 Å². The molecule has 1 amide bonds. The van der Waals surface area contributed by atoms with Crippen molar-refractivity contribution in [1.82, 2.24) is 31.1 Å². The molecular formula is C12H13N7O5. The van der Waals surface area contributed by atoms with Crippen LogP contribution in [-0.4, -0.2) is 43.3 Å². The monoisotopic (exact) mass is 335 g/mol. The van der Waals surface area contributed by atoms with Gasteiger partial charge in [0.1, 0.15) is 0 Å². The van der Waals surface area contributed by atoms with Gasteiger partial charge < -0.3 is 25.4 Å². The molecule has 126 valence electrons. The molecule has 12 nitrogen and oxygen atoms in total. The summed E-state index contributed by atoms with van der Waals surface area (Å²) in [5, 5.41) is 30.1. The summed E-state index contributed by atoms with van der Waals surface area (Å²) in [6.07, 6.45) is 1.29. The lowest BCUT2D eigenvalue weighted by Crippen LogP contribution is -2.36. The van der Waals surface area contributed by atoms with Crippen molar-refractivity contribution in [2.75, 3.05) is 7.11 Å². The number of benzene rings is 1. The van der Waals surface area contributed by atoms with E-state index in [0.717, 1.165) is 4.80 Å². The molecule has 0 fully saturated rings. The number of rotatable bonds is 6. The number of methoxy groups -OCH3 is 1. The van der Waals surface area contributed by atoms with Gasteiger partial charge in [0.05, 0.1) is 28.7 Å². The number of aromatic hydroxyl groups is 1. The summed E-state index contributed by atoms with van der Waals surface area (Å²) >= 11 is 0. The number of hydrogen-bond acceptors (Lipinski definition) is 9. The average molecular weight is 335 g/mol. The van der Waals surface area contributed by atoms with Crippen molar-refractivity contribution in [2.24, 2.45) is 0 Å². The van der Waals surface area contributed by atoms with Gasteiger partial charge in [0.25, 0.3) is 5.91 Å². The van der Waals surface area contributed by atoms with Gasteiger partial charge >= 0.3 is 5.95 Å². The number of ether oxygens (including phenoxy) is 1. The van der Waals surface area contributed by atoms with Gasteiger partial charge in [0, 0.05) is 11.3 Å². The van der Waals surface area contributed by atoms with Crippen molar-refractivity contribution in [2.45, 2.75) is 6.92 Å². The summed E-state index contributed by atoms with van der Waals surface area (Å²) in [6, 6.07) is 4.11. The highest BCUT2D eigenvalue weighted by Crippen LogP contribution is 2.26. The van der Waals surface area contributed by atoms with Crippen LogP contribution in [0.1, 0.15) is 17.3 Å². The Hall–Kier alpha value is -3.70. The first-order valence-electron chi connectivity index (χ1n) is 6.46. The number of hydrazine groups is 1. The highest BCUT2D eigenvalue weighted by atomic mass is 16.6. The van der Waals surface area contributed by atoms with E-state index < -0.39 is 16.8 Å². The number of nitrogens with zero attached hydrogens (tertiary/aromatic N) is 5. The molecule has 0 atom stereocenters. The molecule has 3 N–H and O–H groups in total. The van der Waals surface area contributed by atoms with Gasteiger partial charge in [0.2, 0.25) is 0 Å². The molecule has 0 unspecified atom stereocenters. The van der Waals surface area contributed by atoms with E-state index in [1.165, 1.54) is 31.5 Å². The van der Waals surface area contributed by atoms with Crippen LogP contribution in [0, 0.1) is 10.1 Å². The van der Waals surface area contributed by atoms with E-state index in [1.807, 2.05) is 0 Å². The minimum absolute atomic E-state index is 0.0862. The molecule has 0 bridgehead atoms. The molecule has 1 heterocycles. The third-order valence-corrected chi connectivity index (χ3v) is 2.71. The Kier molecular flexibility index (Phi) is 4.89. The molecule has 0 aliphatic rings. The predicted molar refractivity (Wildman–Crippen MR) is 79.7 cm³/mol. The van der Waals surface area contributed by atoms with E-state index in [2.05, 4.69) is 26.3 Å². The summed E-state index contributed by atoms with van der Waals surface area (Å²) < 4.78 is 4.92. The van der Waals surface area contributed by atoms with Crippen LogP contribution in [0.2, 0.25) is 0 Å². The number of amides is 1. The highest BCUT2D eigenvalue weighted by molar-refractivity contribution is 5.94. The van der Waals surface area contributed by atoms with Crippen LogP contribution in [0.5, 0.6) is 11.5 Å². The maximum atomic E-state index is 12.0. The number of hydrogen-bond donors (Lipinski definition) is 3. The number of phenolic OH excluding ortho intramolecular Hbond substituents is 1. The van der Waals surface area contributed by atoms with Crippen LogP contribution in [0.15, 0.2) is 23.9 Å². The maximum absolute atomic E-state index is 12.0. The van der Waals surface area contributed by atoms with Gasteiger partial charge in [-0.3, -0.25) is 10.2 Å². The SMILES string of the molecule is COc1cc(C(=O)NN/C(C)=C/n2nnc([N+](=O)[O-])n2)ccc1O. The molecular weight excluding hydrogens is 322 g/mol. The lowest BCUT2D eigenvalue weighted by molar-refractivity contribution is -0.394. The van der Waals surface area contributed by atoms with Gasteiger partial charge in [-0.15, -0.1) is 0 Å². The van der Waals surface area contributed by atoms with Crippen molar-refractivity contribution < 1.29 is 19.6 Å². The van der Waals surface area contributed by atoms with Gasteiger partial charge in [-0.1, -0.05) is 4.80 Å². The van der Waals surface area contributed by atoms with Crippen LogP contribution in [0.4, 0.5) is 5.95 Å². The second-order valence-corrected chi connectivity index (χ2v) is 4.44. The zero-order chi connectivity index (χ0) is 17.7. The van der Waals surface area contributed by atoms with Crippen molar-refractivity contribution in [1.29, 1.82) is 0 Å². The smallest absolute Gasteiger partial charge is 0.504 e. The topological polar surface area (TPSA) is 157 Å². The molecule has 0 saturated carbocycles. The van der Waals surface area contributed by atoms with Crippen LogP contribution < -0.4 is 15.6 Å². The highest BCUT2D eigenvalue weighted by Gasteiger charge is 2.14. The number of carbonyl (C=O) groups excluding carboxylic acids is 1. The number of nitrogens with one attached hydrogen (secondary N) is 2. The fourth-order valence-corrected chi connectivity index (χ4v) is 1.60. The summed E-state index contributed by atoms with van der Waals surface area (Å²) in [6.45, 7) is 1.58. The summed E-state index contributed by atoms with van der Waals surface area (Å²) in [4.78, 5) is 22.6. The van der Waals surface area contributed by atoms with E-state index in [1.54, 1.807) is 6.92 Å². The maximum Gasteiger partial charge on any atom is 0.515 e. The molecule has 1 aromatic heterocycles. The molecule has 24 heavy (non-hydrogen) atoms. The van der Waals surface area contributed by atoms with Crippen molar-refractivity contribution >= 4 is 18.1 Å². The third-order valence-electron chi connectivity index (χ3n) is 2.71. The zero-order valence-electron chi connectivity index (χ0n) is 12.6. The third kappa shape index (κ3) is 3.94. The van der Waals surface area contributed by atoms with Crippen LogP contribution in [0.25, 0.3) is 6.20 Å². The second kappa shape index (κ2) is 7.04. The zero-order valence-corrected chi connectivity index (χ0v) is 12.6. The lowest BCUT2D eigenvalue weighted by Gasteiger charge is -2.09. The number of nitro groups is 1.